The van der Waals surface area contributed by atoms with Crippen molar-refractivity contribution in [1.82, 2.24) is 0 Å². The molecule has 0 saturated carbocycles. The second kappa shape index (κ2) is 9.82. The number of rotatable bonds is 0. The molecule has 0 atom stereocenters. The summed E-state index contributed by atoms with van der Waals surface area (Å²) >= 11 is -5.54. The second-order valence-corrected chi connectivity index (χ2v) is 2.10. The average molecular weight is 284 g/mol. The normalized spacial score (nSPS) is 6.71. The second-order valence-electron chi connectivity index (χ2n) is 0.336. The van der Waals surface area contributed by atoms with Crippen LogP contribution in [-0.4, -0.2) is 47.1 Å². The molecule has 0 unspecified atom stereocenters. The van der Waals surface area contributed by atoms with Crippen LogP contribution < -0.4 is 0 Å². The van der Waals surface area contributed by atoms with E-state index in [1.54, 1.807) is 0 Å². The van der Waals surface area contributed by atoms with Gasteiger partial charge in [0.05, 0.1) is 0 Å². The van der Waals surface area contributed by atoms with Crippen LogP contribution in [0.25, 0.3) is 0 Å². The Morgan fingerprint density at radius 3 is 1.43 bits per heavy atom. The third-order valence-electron chi connectivity index (χ3n) is 0. The predicted molar refractivity (Wildman–Crippen MR) is 20.9 cm³/mol. The molecule has 0 aliphatic heterocycles. The molecule has 0 aromatic carbocycles. The topological polar surface area (TPSA) is 94.8 Å². The van der Waals surface area contributed by atoms with E-state index in [-0.39, 0.29) is 0 Å². The van der Waals surface area contributed by atoms with E-state index in [9.17, 15) is 0 Å². The van der Waals surface area contributed by atoms with Gasteiger partial charge in [-0.15, -0.1) is 0 Å². The molecule has 0 spiro atoms. The Kier molecular flexibility index (Phi) is 14.9. The van der Waals surface area contributed by atoms with E-state index >= 15 is 0 Å². The molecule has 0 bridgehead atoms. The van der Waals surface area contributed by atoms with Crippen LogP contribution in [-0.2, 0) is 6.88 Å². The van der Waals surface area contributed by atoms with Gasteiger partial charge < -0.3 is 0 Å². The van der Waals surface area contributed by atoms with Crippen molar-refractivity contribution in [2.75, 3.05) is 0 Å². The van der Waals surface area contributed by atoms with Crippen LogP contribution in [0.1, 0.15) is 0 Å². The van der Waals surface area contributed by atoms with Crippen molar-refractivity contribution in [2.24, 2.45) is 0 Å². The van der Waals surface area contributed by atoms with Gasteiger partial charge in [0.2, 0.25) is 0 Å². The summed E-state index contributed by atoms with van der Waals surface area (Å²) in [5, 5.41) is 0. The van der Waals surface area contributed by atoms with Crippen LogP contribution in [0.3, 0.4) is 0 Å². The van der Waals surface area contributed by atoms with E-state index in [0.29, 0.717) is 0 Å². The van der Waals surface area contributed by atoms with Gasteiger partial charge >= 0.3 is 54.0 Å². The van der Waals surface area contributed by atoms with E-state index in [1.165, 1.54) is 0 Å². The minimum atomic E-state index is -3.61. The average Bonchev–Trinajstić information content (AvgIpc) is 1.33. The summed E-state index contributed by atoms with van der Waals surface area (Å²) in [5.74, 6) is 0. The SMILES string of the molecule is O=[Te](O)O.[O]=[GeH][OH]. The van der Waals surface area contributed by atoms with E-state index in [2.05, 4.69) is 0 Å². The molecule has 0 amide bonds. The third kappa shape index (κ3) is 338. The summed E-state index contributed by atoms with van der Waals surface area (Å²) in [4.78, 5) is 0. The van der Waals surface area contributed by atoms with Crippen LogP contribution in [0.4, 0.5) is 0 Å². The number of hydrogen-bond acceptors (Lipinski definition) is 2. The molecule has 0 radical (unpaired) electrons. The predicted octanol–water partition coefficient (Wildman–Crippen LogP) is -2.94. The minimum absolute atomic E-state index is 1.94. The van der Waals surface area contributed by atoms with Crippen molar-refractivity contribution in [3.05, 3.63) is 0 Å². The van der Waals surface area contributed by atoms with Crippen LogP contribution >= 0.6 is 0 Å². The molecule has 5 nitrogen and oxygen atoms in total. The quantitative estimate of drug-likeness (QED) is 0.414. The maximum atomic E-state index is 8.81. The summed E-state index contributed by atoms with van der Waals surface area (Å²) in [5.41, 5.74) is 0. The Morgan fingerprint density at radius 2 is 1.43 bits per heavy atom. The fraction of sp³-hybridized carbons (Fsp3) is 0. The van der Waals surface area contributed by atoms with E-state index in [1.807, 2.05) is 0 Å². The Morgan fingerprint density at radius 1 is 1.43 bits per heavy atom. The molecule has 0 saturated heterocycles. The van der Waals surface area contributed by atoms with Crippen LogP contribution in [0.15, 0.2) is 0 Å². The van der Waals surface area contributed by atoms with E-state index in [4.69, 9.17) is 18.0 Å². The zero-order valence-electron chi connectivity index (χ0n) is 3.14. The Balaban J connectivity index is 0. The molecular formula is H4GeO5Te. The summed E-state index contributed by atoms with van der Waals surface area (Å²) in [6, 6.07) is 0. The summed E-state index contributed by atoms with van der Waals surface area (Å²) in [6.07, 6.45) is 0. The van der Waals surface area contributed by atoms with E-state index < -0.39 is 36.1 Å². The Hall–Kier alpha value is 0.652. The van der Waals surface area contributed by atoms with Gasteiger partial charge in [0.15, 0.2) is 0 Å². The van der Waals surface area contributed by atoms with Gasteiger partial charge in [0, 0.05) is 0 Å². The van der Waals surface area contributed by atoms with Crippen LogP contribution in [0.2, 0.25) is 0 Å². The molecule has 0 aromatic heterocycles. The Labute approximate surface area is 54.1 Å². The van der Waals surface area contributed by atoms with Crippen molar-refractivity contribution < 1.29 is 18.0 Å². The van der Waals surface area contributed by atoms with Gasteiger partial charge in [0.25, 0.3) is 0 Å². The molecule has 0 rings (SSSR count). The molecule has 0 aliphatic rings. The maximum absolute atomic E-state index is 8.81. The fourth-order valence-corrected chi connectivity index (χ4v) is 0. The van der Waals surface area contributed by atoms with Crippen molar-refractivity contribution in [3.63, 3.8) is 0 Å². The molecule has 0 aromatic rings. The standard InChI is InChI=1S/GeH2O2.H2O3Te/c2-1-3;1-4(2)3/h1-2H;(H2,1,2,3). The monoisotopic (exact) mass is 288 g/mol. The third-order valence-corrected chi connectivity index (χ3v) is 0. The molecule has 3 N–H and O–H groups in total. The molecule has 44 valence electrons. The van der Waals surface area contributed by atoms with Gasteiger partial charge in [0.1, 0.15) is 0 Å². The summed E-state index contributed by atoms with van der Waals surface area (Å²) < 4.78 is 39.1. The van der Waals surface area contributed by atoms with Crippen molar-refractivity contribution >= 4 is 36.1 Å². The van der Waals surface area contributed by atoms with Crippen LogP contribution in [0, 0.1) is 0 Å². The van der Waals surface area contributed by atoms with Crippen molar-refractivity contribution in [3.8, 4) is 0 Å². The first-order valence-corrected chi connectivity index (χ1v) is 6.13. The van der Waals surface area contributed by atoms with E-state index in [0.717, 1.165) is 0 Å². The van der Waals surface area contributed by atoms with Gasteiger partial charge in [-0.3, -0.25) is 0 Å². The molecule has 7 heavy (non-hydrogen) atoms. The first-order valence-electron chi connectivity index (χ1n) is 1.03. The van der Waals surface area contributed by atoms with Crippen molar-refractivity contribution in [1.29, 1.82) is 0 Å². The zero-order valence-corrected chi connectivity index (χ0v) is 7.90. The van der Waals surface area contributed by atoms with Gasteiger partial charge in [-0.05, 0) is 0 Å². The Bertz CT molecular complexity index is 55.1. The fourth-order valence-electron chi connectivity index (χ4n) is 0. The van der Waals surface area contributed by atoms with Gasteiger partial charge in [-0.2, -0.15) is 0 Å². The zero-order chi connectivity index (χ0) is 6.28. The van der Waals surface area contributed by atoms with Crippen molar-refractivity contribution in [2.45, 2.75) is 0 Å². The molecule has 0 aliphatic carbocycles. The summed E-state index contributed by atoms with van der Waals surface area (Å²) in [7, 11) is 0. The summed E-state index contributed by atoms with van der Waals surface area (Å²) in [6.45, 7) is 0. The molecule has 7 heteroatoms. The van der Waals surface area contributed by atoms with Gasteiger partial charge in [-0.25, -0.2) is 0 Å². The first-order chi connectivity index (χ1) is 3.15. The molecule has 0 fully saturated rings. The molecule has 0 heterocycles. The number of hydrogen-bond donors (Lipinski definition) is 3. The van der Waals surface area contributed by atoms with Crippen LogP contribution in [0.5, 0.6) is 0 Å². The van der Waals surface area contributed by atoms with Gasteiger partial charge in [-0.1, -0.05) is 0 Å². The molecular weight excluding hydrogens is 280 g/mol. The first kappa shape index (κ1) is 10.6.